The molecule has 0 radical (unpaired) electrons. The first kappa shape index (κ1) is 17.2. The van der Waals surface area contributed by atoms with Crippen LogP contribution in [-0.2, 0) is 16.0 Å². The van der Waals surface area contributed by atoms with Gasteiger partial charge in [0.15, 0.2) is 5.78 Å². The molecule has 1 heterocycles. The summed E-state index contributed by atoms with van der Waals surface area (Å²) in [7, 11) is 0. The Morgan fingerprint density at radius 2 is 1.87 bits per heavy atom. The van der Waals surface area contributed by atoms with Crippen LogP contribution in [0.5, 0.6) is 0 Å². The van der Waals surface area contributed by atoms with Crippen molar-refractivity contribution in [3.8, 4) is 0 Å². The zero-order valence-corrected chi connectivity index (χ0v) is 13.5. The van der Waals surface area contributed by atoms with Gasteiger partial charge < -0.3 is 10.0 Å². The average Bonchev–Trinajstić information content (AvgIpc) is 2.59. The minimum atomic E-state index is -0.852. The second-order valence-corrected chi connectivity index (χ2v) is 5.99. The van der Waals surface area contributed by atoms with E-state index in [2.05, 4.69) is 6.92 Å². The molecule has 1 saturated heterocycles. The van der Waals surface area contributed by atoms with Crippen molar-refractivity contribution in [2.45, 2.75) is 39.0 Å². The molecular weight excluding hydrogens is 294 g/mol. The molecule has 1 N–H and O–H groups in total. The van der Waals surface area contributed by atoms with Gasteiger partial charge in [-0.3, -0.25) is 14.4 Å². The van der Waals surface area contributed by atoms with Gasteiger partial charge in [0.2, 0.25) is 5.91 Å². The fraction of sp³-hybridized carbons (Fsp3) is 0.500. The Morgan fingerprint density at radius 1 is 1.17 bits per heavy atom. The lowest BCUT2D eigenvalue weighted by atomic mass is 9.97. The number of piperidine rings is 1. The van der Waals surface area contributed by atoms with Gasteiger partial charge in [0.1, 0.15) is 0 Å². The molecule has 1 fully saturated rings. The lowest BCUT2D eigenvalue weighted by Gasteiger charge is -2.30. The van der Waals surface area contributed by atoms with E-state index < -0.39 is 11.9 Å². The summed E-state index contributed by atoms with van der Waals surface area (Å²) in [6.07, 6.45) is 2.54. The van der Waals surface area contributed by atoms with Crippen LogP contribution in [0.1, 0.15) is 48.5 Å². The Hall–Kier alpha value is -2.17. The van der Waals surface area contributed by atoms with Crippen molar-refractivity contribution in [2.24, 2.45) is 5.92 Å². The Bertz CT molecular complexity index is 579. The van der Waals surface area contributed by atoms with Gasteiger partial charge in [-0.2, -0.15) is 0 Å². The third-order valence-corrected chi connectivity index (χ3v) is 4.37. The predicted molar refractivity (Wildman–Crippen MR) is 86.3 cm³/mol. The van der Waals surface area contributed by atoms with Gasteiger partial charge in [-0.15, -0.1) is 0 Å². The summed E-state index contributed by atoms with van der Waals surface area (Å²) in [5, 5.41) is 9.06. The van der Waals surface area contributed by atoms with E-state index in [4.69, 9.17) is 5.11 Å². The lowest BCUT2D eigenvalue weighted by Crippen LogP contribution is -2.42. The number of rotatable bonds is 6. The molecule has 0 spiro atoms. The highest BCUT2D eigenvalue weighted by Crippen LogP contribution is 2.18. The standard InChI is InChI=1S/C18H23NO4/c1-2-13-5-7-14(8-6-13)16(20)9-10-17(21)19-11-3-4-15(12-19)18(22)23/h5-8,15H,2-4,9-12H2,1H3,(H,22,23)/t15-/m0/s1. The molecule has 0 aromatic heterocycles. The Labute approximate surface area is 136 Å². The van der Waals surface area contributed by atoms with E-state index in [0.29, 0.717) is 24.9 Å². The van der Waals surface area contributed by atoms with Crippen LogP contribution in [-0.4, -0.2) is 40.8 Å². The molecule has 23 heavy (non-hydrogen) atoms. The molecule has 1 aromatic rings. The van der Waals surface area contributed by atoms with Crippen molar-refractivity contribution in [3.05, 3.63) is 35.4 Å². The Balaban J connectivity index is 1.85. The van der Waals surface area contributed by atoms with Crippen molar-refractivity contribution < 1.29 is 19.5 Å². The number of hydrogen-bond acceptors (Lipinski definition) is 3. The molecule has 0 saturated carbocycles. The lowest BCUT2D eigenvalue weighted by molar-refractivity contribution is -0.145. The van der Waals surface area contributed by atoms with Crippen LogP contribution >= 0.6 is 0 Å². The van der Waals surface area contributed by atoms with E-state index in [9.17, 15) is 14.4 Å². The number of carbonyl (C=O) groups excluding carboxylic acids is 2. The highest BCUT2D eigenvalue weighted by atomic mass is 16.4. The molecule has 1 aliphatic rings. The monoisotopic (exact) mass is 317 g/mol. The summed E-state index contributed by atoms with van der Waals surface area (Å²) in [6.45, 7) is 2.90. The van der Waals surface area contributed by atoms with Gasteiger partial charge in [-0.1, -0.05) is 31.2 Å². The topological polar surface area (TPSA) is 74.7 Å². The highest BCUT2D eigenvalue weighted by Gasteiger charge is 2.28. The van der Waals surface area contributed by atoms with Gasteiger partial charge in [-0.05, 0) is 24.8 Å². The number of likely N-dealkylation sites (tertiary alicyclic amines) is 1. The first-order valence-electron chi connectivity index (χ1n) is 8.14. The molecule has 2 rings (SSSR count). The average molecular weight is 317 g/mol. The zero-order chi connectivity index (χ0) is 16.8. The third-order valence-electron chi connectivity index (χ3n) is 4.37. The first-order chi connectivity index (χ1) is 11.0. The van der Waals surface area contributed by atoms with Gasteiger partial charge in [-0.25, -0.2) is 0 Å². The molecule has 124 valence electrons. The predicted octanol–water partition coefficient (Wildman–Crippen LogP) is 2.54. The molecule has 0 aliphatic carbocycles. The van der Waals surface area contributed by atoms with Crippen LogP contribution in [0.15, 0.2) is 24.3 Å². The van der Waals surface area contributed by atoms with E-state index in [-0.39, 0.29) is 31.1 Å². The van der Waals surface area contributed by atoms with Crippen molar-refractivity contribution in [1.82, 2.24) is 4.90 Å². The highest BCUT2D eigenvalue weighted by molar-refractivity contribution is 5.98. The van der Waals surface area contributed by atoms with E-state index in [1.807, 2.05) is 12.1 Å². The second kappa shape index (κ2) is 7.90. The van der Waals surface area contributed by atoms with Crippen LogP contribution in [0.4, 0.5) is 0 Å². The summed E-state index contributed by atoms with van der Waals surface area (Å²) in [5.74, 6) is -1.51. The van der Waals surface area contributed by atoms with Crippen molar-refractivity contribution >= 4 is 17.7 Å². The minimum absolute atomic E-state index is 0.0483. The van der Waals surface area contributed by atoms with Crippen LogP contribution in [0.25, 0.3) is 0 Å². The van der Waals surface area contributed by atoms with Gasteiger partial charge in [0.05, 0.1) is 5.92 Å². The fourth-order valence-corrected chi connectivity index (χ4v) is 2.85. The summed E-state index contributed by atoms with van der Waals surface area (Å²) >= 11 is 0. The quantitative estimate of drug-likeness (QED) is 0.818. The number of benzene rings is 1. The van der Waals surface area contributed by atoms with Gasteiger partial charge in [0, 0.05) is 31.5 Å². The maximum Gasteiger partial charge on any atom is 0.308 e. The third kappa shape index (κ3) is 4.65. The molecule has 1 aliphatic heterocycles. The number of aliphatic carboxylic acids is 1. The maximum atomic E-state index is 12.2. The maximum absolute atomic E-state index is 12.2. The molecule has 1 atom stereocenters. The SMILES string of the molecule is CCc1ccc(C(=O)CCC(=O)N2CCC[C@H](C(=O)O)C2)cc1. The molecule has 1 amide bonds. The fourth-order valence-electron chi connectivity index (χ4n) is 2.85. The Morgan fingerprint density at radius 3 is 2.48 bits per heavy atom. The van der Waals surface area contributed by atoms with Crippen molar-refractivity contribution in [3.63, 3.8) is 0 Å². The number of hydrogen-bond donors (Lipinski definition) is 1. The number of ketones is 1. The van der Waals surface area contributed by atoms with Crippen molar-refractivity contribution in [1.29, 1.82) is 0 Å². The van der Waals surface area contributed by atoms with Crippen LogP contribution < -0.4 is 0 Å². The van der Waals surface area contributed by atoms with E-state index in [1.165, 1.54) is 5.56 Å². The second-order valence-electron chi connectivity index (χ2n) is 5.99. The number of carboxylic acid groups (broad SMARTS) is 1. The Kier molecular flexibility index (Phi) is 5.90. The molecular formula is C18H23NO4. The number of amides is 1. The van der Waals surface area contributed by atoms with Crippen LogP contribution in [0, 0.1) is 5.92 Å². The van der Waals surface area contributed by atoms with E-state index in [0.717, 1.165) is 6.42 Å². The van der Waals surface area contributed by atoms with Crippen LogP contribution in [0.3, 0.4) is 0 Å². The van der Waals surface area contributed by atoms with E-state index >= 15 is 0 Å². The summed E-state index contributed by atoms with van der Waals surface area (Å²) in [4.78, 5) is 36.9. The number of carboxylic acids is 1. The van der Waals surface area contributed by atoms with Crippen LogP contribution in [0.2, 0.25) is 0 Å². The van der Waals surface area contributed by atoms with Gasteiger partial charge in [0.25, 0.3) is 0 Å². The summed E-state index contributed by atoms with van der Waals surface area (Å²) < 4.78 is 0. The summed E-state index contributed by atoms with van der Waals surface area (Å²) in [5.41, 5.74) is 1.79. The first-order valence-corrected chi connectivity index (χ1v) is 8.14. The smallest absolute Gasteiger partial charge is 0.308 e. The molecule has 0 bridgehead atoms. The normalized spacial score (nSPS) is 17.8. The largest absolute Gasteiger partial charge is 0.481 e. The number of aryl methyl sites for hydroxylation is 1. The van der Waals surface area contributed by atoms with Crippen molar-refractivity contribution in [2.75, 3.05) is 13.1 Å². The molecule has 5 heteroatoms. The van der Waals surface area contributed by atoms with E-state index in [1.54, 1.807) is 17.0 Å². The number of carbonyl (C=O) groups is 3. The molecule has 1 aromatic carbocycles. The zero-order valence-electron chi connectivity index (χ0n) is 13.5. The number of nitrogens with zero attached hydrogens (tertiary/aromatic N) is 1. The van der Waals surface area contributed by atoms with Gasteiger partial charge >= 0.3 is 5.97 Å². The number of Topliss-reactive ketones (excluding diaryl/α,β-unsaturated/α-hetero) is 1. The summed E-state index contributed by atoms with van der Waals surface area (Å²) in [6, 6.07) is 7.45. The minimum Gasteiger partial charge on any atom is -0.481 e. The molecule has 5 nitrogen and oxygen atoms in total. The molecule has 0 unspecified atom stereocenters.